The van der Waals surface area contributed by atoms with Crippen LogP contribution < -0.4 is 10.9 Å². The molecule has 5 rings (SSSR count). The second-order valence-corrected chi connectivity index (χ2v) is 8.08. The van der Waals surface area contributed by atoms with Crippen LogP contribution in [0.3, 0.4) is 0 Å². The van der Waals surface area contributed by atoms with Crippen molar-refractivity contribution in [3.05, 3.63) is 29.3 Å². The van der Waals surface area contributed by atoms with Crippen LogP contribution in [0.1, 0.15) is 54.4 Å². The smallest absolute Gasteiger partial charge is 0.273 e. The number of aryl methyl sites for hydroxylation is 1. The summed E-state index contributed by atoms with van der Waals surface area (Å²) in [7, 11) is 0. The number of hydrogen-bond acceptors (Lipinski definition) is 3. The van der Waals surface area contributed by atoms with Gasteiger partial charge in [0, 0.05) is 0 Å². The van der Waals surface area contributed by atoms with Gasteiger partial charge in [-0.2, -0.15) is 0 Å². The van der Waals surface area contributed by atoms with Gasteiger partial charge in [0.2, 0.25) is 5.91 Å². The van der Waals surface area contributed by atoms with Crippen molar-refractivity contribution in [3.63, 3.8) is 0 Å². The number of phenols is 1. The fourth-order valence-electron chi connectivity index (χ4n) is 5.54. The molecule has 4 saturated carbocycles. The van der Waals surface area contributed by atoms with Crippen molar-refractivity contribution in [2.24, 2.45) is 23.2 Å². The third-order valence-electron chi connectivity index (χ3n) is 6.29. The highest BCUT2D eigenvalue weighted by molar-refractivity contribution is 5.98. The van der Waals surface area contributed by atoms with Crippen LogP contribution in [-0.4, -0.2) is 16.9 Å². The van der Waals surface area contributed by atoms with Gasteiger partial charge in [-0.15, -0.1) is 0 Å². The largest absolute Gasteiger partial charge is 0.507 e. The average molecular weight is 328 g/mol. The fraction of sp³-hybridized carbons (Fsp3) is 0.579. The maximum absolute atomic E-state index is 12.8. The standard InChI is InChI=1S/C19H24N2O3/c1-11-3-2-4-15(16(11)22)17(23)20-21-18(24)19-8-12-5-13(9-19)7-14(6-12)10-19/h2-4,12-14,22H,5-10H2,1H3,(H,20,23)(H,21,24). The first-order valence-corrected chi connectivity index (χ1v) is 8.86. The van der Waals surface area contributed by atoms with Gasteiger partial charge in [-0.05, 0) is 74.8 Å². The molecule has 1 aromatic rings. The van der Waals surface area contributed by atoms with Gasteiger partial charge in [0.15, 0.2) is 0 Å². The van der Waals surface area contributed by atoms with Gasteiger partial charge >= 0.3 is 0 Å². The lowest BCUT2D eigenvalue weighted by Gasteiger charge is -2.55. The first-order chi connectivity index (χ1) is 11.5. The number of hydrazine groups is 1. The maximum atomic E-state index is 12.8. The zero-order valence-corrected chi connectivity index (χ0v) is 14.0. The molecule has 24 heavy (non-hydrogen) atoms. The number of nitrogens with one attached hydrogen (secondary N) is 2. The number of rotatable bonds is 2. The first kappa shape index (κ1) is 15.5. The molecular weight excluding hydrogens is 304 g/mol. The van der Waals surface area contributed by atoms with E-state index < -0.39 is 5.91 Å². The summed E-state index contributed by atoms with van der Waals surface area (Å²) in [5, 5.41) is 9.99. The molecule has 0 unspecified atom stereocenters. The van der Waals surface area contributed by atoms with E-state index in [4.69, 9.17) is 0 Å². The number of carbonyl (C=O) groups excluding carboxylic acids is 2. The number of hydrogen-bond donors (Lipinski definition) is 3. The van der Waals surface area contributed by atoms with E-state index in [0.29, 0.717) is 23.3 Å². The second-order valence-electron chi connectivity index (χ2n) is 8.08. The Hall–Kier alpha value is -2.04. The molecule has 4 bridgehead atoms. The Kier molecular flexibility index (Phi) is 3.55. The number of benzene rings is 1. The average Bonchev–Trinajstić information content (AvgIpc) is 2.53. The molecular formula is C19H24N2O3. The molecule has 1 aromatic carbocycles. The Morgan fingerprint density at radius 2 is 1.62 bits per heavy atom. The molecule has 0 radical (unpaired) electrons. The van der Waals surface area contributed by atoms with Crippen molar-refractivity contribution in [1.82, 2.24) is 10.9 Å². The van der Waals surface area contributed by atoms with Crippen LogP contribution in [0.5, 0.6) is 5.75 Å². The predicted octanol–water partition coefficient (Wildman–Crippen LogP) is 2.68. The summed E-state index contributed by atoms with van der Waals surface area (Å²) in [5.74, 6) is 1.46. The Labute approximate surface area is 141 Å². The molecule has 4 aliphatic carbocycles. The van der Waals surface area contributed by atoms with Crippen LogP contribution in [0.2, 0.25) is 0 Å². The fourth-order valence-corrected chi connectivity index (χ4v) is 5.54. The van der Waals surface area contributed by atoms with Crippen LogP contribution in [0.4, 0.5) is 0 Å². The minimum absolute atomic E-state index is 0.0425. The normalized spacial score (nSPS) is 33.3. The monoisotopic (exact) mass is 328 g/mol. The first-order valence-electron chi connectivity index (χ1n) is 8.86. The number of phenolic OH excluding ortho intramolecular Hbond substituents is 1. The Morgan fingerprint density at radius 1 is 1.04 bits per heavy atom. The van der Waals surface area contributed by atoms with E-state index in [9.17, 15) is 14.7 Å². The van der Waals surface area contributed by atoms with Crippen molar-refractivity contribution in [2.45, 2.75) is 45.4 Å². The van der Waals surface area contributed by atoms with Crippen molar-refractivity contribution in [2.75, 3.05) is 0 Å². The van der Waals surface area contributed by atoms with Gasteiger partial charge in [0.05, 0.1) is 11.0 Å². The molecule has 5 heteroatoms. The highest BCUT2D eigenvalue weighted by Gasteiger charge is 2.54. The third kappa shape index (κ3) is 2.46. The third-order valence-corrected chi connectivity index (χ3v) is 6.29. The van der Waals surface area contributed by atoms with Gasteiger partial charge in [-0.25, -0.2) is 0 Å². The van der Waals surface area contributed by atoms with Crippen molar-refractivity contribution in [3.8, 4) is 5.75 Å². The number of para-hydroxylation sites is 1. The van der Waals surface area contributed by atoms with Crippen LogP contribution in [0, 0.1) is 30.1 Å². The summed E-state index contributed by atoms with van der Waals surface area (Å²) in [5.41, 5.74) is 5.65. The van der Waals surface area contributed by atoms with Gasteiger partial charge in [0.1, 0.15) is 5.75 Å². The SMILES string of the molecule is Cc1cccc(C(=O)NNC(=O)C23CC4CC(CC(C4)C2)C3)c1O. The van der Waals surface area contributed by atoms with E-state index in [1.165, 1.54) is 19.3 Å². The van der Waals surface area contributed by atoms with Crippen LogP contribution >= 0.6 is 0 Å². The van der Waals surface area contributed by atoms with Crippen LogP contribution in [0.25, 0.3) is 0 Å². The van der Waals surface area contributed by atoms with E-state index in [0.717, 1.165) is 19.3 Å². The quantitative estimate of drug-likeness (QED) is 0.730. The summed E-state index contributed by atoms with van der Waals surface area (Å²) in [6, 6.07) is 5.00. The molecule has 0 heterocycles. The van der Waals surface area contributed by atoms with Crippen LogP contribution in [0.15, 0.2) is 18.2 Å². The molecule has 128 valence electrons. The lowest BCUT2D eigenvalue weighted by Crippen LogP contribution is -2.56. The minimum atomic E-state index is -0.478. The van der Waals surface area contributed by atoms with Gasteiger partial charge in [-0.3, -0.25) is 20.4 Å². The van der Waals surface area contributed by atoms with E-state index in [2.05, 4.69) is 10.9 Å². The van der Waals surface area contributed by atoms with E-state index in [1.54, 1.807) is 25.1 Å². The zero-order chi connectivity index (χ0) is 16.9. The maximum Gasteiger partial charge on any atom is 0.273 e. The number of amides is 2. The highest BCUT2D eigenvalue weighted by atomic mass is 16.3. The molecule has 2 amide bonds. The minimum Gasteiger partial charge on any atom is -0.507 e. The molecule has 5 nitrogen and oxygen atoms in total. The molecule has 0 atom stereocenters. The van der Waals surface area contributed by atoms with E-state index in [-0.39, 0.29) is 22.6 Å². The summed E-state index contributed by atoms with van der Waals surface area (Å²) < 4.78 is 0. The Morgan fingerprint density at radius 3 is 2.21 bits per heavy atom. The summed E-state index contributed by atoms with van der Waals surface area (Å²) >= 11 is 0. The second kappa shape index (κ2) is 5.50. The predicted molar refractivity (Wildman–Crippen MR) is 89.1 cm³/mol. The molecule has 0 aromatic heterocycles. The van der Waals surface area contributed by atoms with Gasteiger partial charge in [-0.1, -0.05) is 12.1 Å². The summed E-state index contributed by atoms with van der Waals surface area (Å²) in [6.07, 6.45) is 6.69. The van der Waals surface area contributed by atoms with E-state index in [1.807, 2.05) is 0 Å². The molecule has 3 N–H and O–H groups in total. The lowest BCUT2D eigenvalue weighted by molar-refractivity contribution is -0.147. The molecule has 0 aliphatic heterocycles. The summed E-state index contributed by atoms with van der Waals surface area (Å²) in [4.78, 5) is 25.1. The highest BCUT2D eigenvalue weighted by Crippen LogP contribution is 2.60. The Balaban J connectivity index is 1.43. The van der Waals surface area contributed by atoms with Crippen molar-refractivity contribution < 1.29 is 14.7 Å². The van der Waals surface area contributed by atoms with Crippen molar-refractivity contribution in [1.29, 1.82) is 0 Å². The molecule has 4 aliphatic rings. The van der Waals surface area contributed by atoms with E-state index >= 15 is 0 Å². The Bertz CT molecular complexity index is 663. The van der Waals surface area contributed by atoms with Gasteiger partial charge < -0.3 is 5.11 Å². The lowest BCUT2D eigenvalue weighted by atomic mass is 9.49. The number of aromatic hydroxyl groups is 1. The molecule has 4 fully saturated rings. The summed E-state index contributed by atoms with van der Waals surface area (Å²) in [6.45, 7) is 1.74. The topological polar surface area (TPSA) is 78.4 Å². The van der Waals surface area contributed by atoms with Gasteiger partial charge in [0.25, 0.3) is 5.91 Å². The molecule has 0 spiro atoms. The van der Waals surface area contributed by atoms with Crippen molar-refractivity contribution >= 4 is 11.8 Å². The van der Waals surface area contributed by atoms with Crippen LogP contribution in [-0.2, 0) is 4.79 Å². The number of carbonyl (C=O) groups is 2. The zero-order valence-electron chi connectivity index (χ0n) is 14.0. The molecule has 0 saturated heterocycles.